The Hall–Kier alpha value is -1.47. The molecule has 4 nitrogen and oxygen atoms in total. The van der Waals surface area contributed by atoms with E-state index in [1.807, 2.05) is 0 Å². The number of hydrogen-bond acceptors (Lipinski definition) is 4. The molecule has 1 heterocycles. The first-order chi connectivity index (χ1) is 9.31. The molecule has 0 spiro atoms. The zero-order chi connectivity index (χ0) is 15.3. The Morgan fingerprint density at radius 3 is 2.10 bits per heavy atom. The Morgan fingerprint density at radius 2 is 1.65 bits per heavy atom. The standard InChI is InChI=1S/C10H11F3N2O2.C3H8/c11-10(12,13)5-3-6(8(15)7(14)4-5)9-16-1-2-17-9;1-3-2/h3-4,9H,1-2,14-15H2;3H2,1-2H3. The number of nitrogen functional groups attached to an aromatic ring is 2. The smallest absolute Gasteiger partial charge is 0.397 e. The number of ether oxygens (including phenoxy) is 2. The highest BCUT2D eigenvalue weighted by molar-refractivity contribution is 5.69. The summed E-state index contributed by atoms with van der Waals surface area (Å²) in [4.78, 5) is 0. The summed E-state index contributed by atoms with van der Waals surface area (Å²) in [5.74, 6) is 0. The molecule has 0 saturated carbocycles. The summed E-state index contributed by atoms with van der Waals surface area (Å²) in [5, 5.41) is 0. The summed E-state index contributed by atoms with van der Waals surface area (Å²) in [7, 11) is 0. The molecule has 1 aromatic rings. The van der Waals surface area contributed by atoms with Crippen LogP contribution in [-0.4, -0.2) is 13.2 Å². The second-order valence-corrected chi connectivity index (χ2v) is 4.35. The highest BCUT2D eigenvalue weighted by Crippen LogP contribution is 2.38. The van der Waals surface area contributed by atoms with E-state index in [1.54, 1.807) is 0 Å². The summed E-state index contributed by atoms with van der Waals surface area (Å²) in [5.41, 5.74) is 10.3. The quantitative estimate of drug-likeness (QED) is 0.779. The molecule has 1 aliphatic rings. The van der Waals surface area contributed by atoms with Gasteiger partial charge in [-0.15, -0.1) is 0 Å². The van der Waals surface area contributed by atoms with Gasteiger partial charge in [0.05, 0.1) is 30.2 Å². The van der Waals surface area contributed by atoms with Gasteiger partial charge in [-0.2, -0.15) is 13.2 Å². The van der Waals surface area contributed by atoms with E-state index < -0.39 is 18.0 Å². The Kier molecular flexibility index (Phi) is 5.64. The van der Waals surface area contributed by atoms with E-state index in [4.69, 9.17) is 20.9 Å². The molecule has 0 amide bonds. The van der Waals surface area contributed by atoms with Crippen molar-refractivity contribution in [3.8, 4) is 0 Å². The molecule has 114 valence electrons. The molecule has 1 aliphatic heterocycles. The Labute approximate surface area is 115 Å². The number of hydrogen-bond donors (Lipinski definition) is 2. The Balaban J connectivity index is 0.000000612. The van der Waals surface area contributed by atoms with E-state index in [1.165, 1.54) is 6.42 Å². The highest BCUT2D eigenvalue weighted by Gasteiger charge is 2.33. The highest BCUT2D eigenvalue weighted by atomic mass is 19.4. The van der Waals surface area contributed by atoms with Crippen LogP contribution in [0.5, 0.6) is 0 Å². The lowest BCUT2D eigenvalue weighted by atomic mass is 10.1. The number of halogens is 3. The molecule has 2 rings (SSSR count). The third kappa shape index (κ3) is 4.01. The topological polar surface area (TPSA) is 70.5 Å². The minimum Gasteiger partial charge on any atom is -0.397 e. The fourth-order valence-electron chi connectivity index (χ4n) is 1.60. The number of anilines is 2. The van der Waals surface area contributed by atoms with Crippen LogP contribution >= 0.6 is 0 Å². The zero-order valence-corrected chi connectivity index (χ0v) is 11.5. The first kappa shape index (κ1) is 16.6. The molecule has 0 atom stereocenters. The third-order valence-corrected chi connectivity index (χ3v) is 2.45. The van der Waals surface area contributed by atoms with Gasteiger partial charge in [-0.25, -0.2) is 0 Å². The van der Waals surface area contributed by atoms with Crippen molar-refractivity contribution < 1.29 is 22.6 Å². The van der Waals surface area contributed by atoms with Crippen molar-refractivity contribution in [2.45, 2.75) is 32.7 Å². The van der Waals surface area contributed by atoms with E-state index in [-0.39, 0.29) is 16.9 Å². The van der Waals surface area contributed by atoms with Crippen LogP contribution < -0.4 is 11.5 Å². The number of alkyl halides is 3. The molecule has 0 bridgehead atoms. The molecular weight excluding hydrogens is 273 g/mol. The van der Waals surface area contributed by atoms with Gasteiger partial charge in [-0.3, -0.25) is 0 Å². The largest absolute Gasteiger partial charge is 0.416 e. The van der Waals surface area contributed by atoms with Crippen LogP contribution in [0, 0.1) is 0 Å². The lowest BCUT2D eigenvalue weighted by Crippen LogP contribution is -2.12. The van der Waals surface area contributed by atoms with Crippen LogP contribution in [0.1, 0.15) is 37.7 Å². The predicted octanol–water partition coefficient (Wildman–Crippen LogP) is 3.33. The fraction of sp³-hybridized carbons (Fsp3) is 0.538. The van der Waals surface area contributed by atoms with Gasteiger partial charge in [0, 0.05) is 5.56 Å². The van der Waals surface area contributed by atoms with Crippen LogP contribution in [-0.2, 0) is 15.7 Å². The van der Waals surface area contributed by atoms with Crippen LogP contribution in [0.25, 0.3) is 0 Å². The van der Waals surface area contributed by atoms with Crippen molar-refractivity contribution in [3.05, 3.63) is 23.3 Å². The molecule has 0 radical (unpaired) electrons. The maximum absolute atomic E-state index is 12.6. The summed E-state index contributed by atoms with van der Waals surface area (Å²) >= 11 is 0. The van der Waals surface area contributed by atoms with Crippen LogP contribution in [0.2, 0.25) is 0 Å². The van der Waals surface area contributed by atoms with Gasteiger partial charge in [0.15, 0.2) is 6.29 Å². The molecule has 0 aromatic heterocycles. The number of benzene rings is 1. The number of rotatable bonds is 1. The zero-order valence-electron chi connectivity index (χ0n) is 11.5. The number of nitrogens with two attached hydrogens (primary N) is 2. The van der Waals surface area contributed by atoms with Crippen molar-refractivity contribution in [2.75, 3.05) is 24.7 Å². The van der Waals surface area contributed by atoms with Crippen LogP contribution in [0.4, 0.5) is 24.5 Å². The fourth-order valence-corrected chi connectivity index (χ4v) is 1.60. The minimum atomic E-state index is -4.48. The lowest BCUT2D eigenvalue weighted by Gasteiger charge is -2.17. The second-order valence-electron chi connectivity index (χ2n) is 4.35. The van der Waals surface area contributed by atoms with Gasteiger partial charge in [0.2, 0.25) is 0 Å². The first-order valence-electron chi connectivity index (χ1n) is 6.30. The molecule has 1 fully saturated rings. The SMILES string of the molecule is CCC.Nc1cc(C(F)(F)F)cc(C2OCCO2)c1N. The predicted molar refractivity (Wildman–Crippen MR) is 70.9 cm³/mol. The van der Waals surface area contributed by atoms with Crippen LogP contribution in [0.3, 0.4) is 0 Å². The van der Waals surface area contributed by atoms with E-state index in [2.05, 4.69) is 13.8 Å². The first-order valence-corrected chi connectivity index (χ1v) is 6.30. The lowest BCUT2D eigenvalue weighted by molar-refractivity contribution is -0.137. The van der Waals surface area contributed by atoms with Crippen molar-refractivity contribution >= 4 is 11.4 Å². The van der Waals surface area contributed by atoms with Gasteiger partial charge >= 0.3 is 6.18 Å². The minimum absolute atomic E-state index is 0.0601. The molecule has 0 aliphatic carbocycles. The van der Waals surface area contributed by atoms with Gasteiger partial charge in [-0.1, -0.05) is 20.3 Å². The average Bonchev–Trinajstić information content (AvgIpc) is 2.85. The van der Waals surface area contributed by atoms with Gasteiger partial charge in [0.1, 0.15) is 0 Å². The maximum atomic E-state index is 12.6. The van der Waals surface area contributed by atoms with Gasteiger partial charge < -0.3 is 20.9 Å². The second kappa shape index (κ2) is 6.81. The van der Waals surface area contributed by atoms with Gasteiger partial charge in [-0.05, 0) is 12.1 Å². The van der Waals surface area contributed by atoms with E-state index in [0.717, 1.165) is 12.1 Å². The van der Waals surface area contributed by atoms with Crippen LogP contribution in [0.15, 0.2) is 12.1 Å². The van der Waals surface area contributed by atoms with Crippen molar-refractivity contribution in [2.24, 2.45) is 0 Å². The third-order valence-electron chi connectivity index (χ3n) is 2.45. The molecule has 20 heavy (non-hydrogen) atoms. The van der Waals surface area contributed by atoms with Gasteiger partial charge in [0.25, 0.3) is 0 Å². The molecule has 1 aromatic carbocycles. The monoisotopic (exact) mass is 292 g/mol. The maximum Gasteiger partial charge on any atom is 0.416 e. The summed E-state index contributed by atoms with van der Waals surface area (Å²) in [6, 6.07) is 1.70. The summed E-state index contributed by atoms with van der Waals surface area (Å²) in [6.07, 6.45) is -4.10. The Bertz CT molecular complexity index is 444. The Morgan fingerprint density at radius 1 is 1.15 bits per heavy atom. The molecule has 7 heteroatoms. The molecule has 0 unspecified atom stereocenters. The average molecular weight is 292 g/mol. The molecule has 4 N–H and O–H groups in total. The van der Waals surface area contributed by atoms with Crippen molar-refractivity contribution in [1.82, 2.24) is 0 Å². The summed E-state index contributed by atoms with van der Waals surface area (Å²) < 4.78 is 48.0. The summed E-state index contributed by atoms with van der Waals surface area (Å²) in [6.45, 7) is 4.89. The normalized spacial score (nSPS) is 15.8. The van der Waals surface area contributed by atoms with E-state index in [0.29, 0.717) is 13.2 Å². The van der Waals surface area contributed by atoms with E-state index >= 15 is 0 Å². The van der Waals surface area contributed by atoms with E-state index in [9.17, 15) is 13.2 Å². The molecular formula is C13H19F3N2O2. The van der Waals surface area contributed by atoms with Crippen molar-refractivity contribution in [1.29, 1.82) is 0 Å². The van der Waals surface area contributed by atoms with Crippen molar-refractivity contribution in [3.63, 3.8) is 0 Å². The molecule has 1 saturated heterocycles.